The molecule has 1 aromatic heterocycles. The van der Waals surface area contributed by atoms with Gasteiger partial charge in [0.25, 0.3) is 17.5 Å². The van der Waals surface area contributed by atoms with Crippen molar-refractivity contribution in [1.82, 2.24) is 20.1 Å². The molecule has 0 radical (unpaired) electrons. The largest absolute Gasteiger partial charge is 0.353 e. The lowest BCUT2D eigenvalue weighted by molar-refractivity contribution is -0.384. The van der Waals surface area contributed by atoms with Crippen molar-refractivity contribution in [2.75, 3.05) is 19.7 Å². The Morgan fingerprint density at radius 3 is 2.48 bits per heavy atom. The van der Waals surface area contributed by atoms with Gasteiger partial charge in [-0.25, -0.2) is 0 Å². The molecule has 11 heteroatoms. The summed E-state index contributed by atoms with van der Waals surface area (Å²) in [6.07, 6.45) is 3.89. The van der Waals surface area contributed by atoms with Crippen LogP contribution in [0.5, 0.6) is 0 Å². The minimum Gasteiger partial charge on any atom is -0.353 e. The number of likely N-dealkylation sites (tertiary alicyclic amines) is 1. The SMILES string of the molecule is Cc1ccc(C(=O)N2[C@@H](C(=O)NCc3cccnc3)COC23CCN(C(=O)c2cccc([N+](=O)[O-])c2)CC3)cc1. The molecule has 1 spiro atoms. The number of hydrogen-bond acceptors (Lipinski definition) is 7. The summed E-state index contributed by atoms with van der Waals surface area (Å²) in [4.78, 5) is 58.2. The number of carbonyl (C=O) groups is 3. The molecule has 1 atom stereocenters. The number of hydrogen-bond donors (Lipinski definition) is 1. The molecule has 3 amide bonds. The highest BCUT2D eigenvalue weighted by Gasteiger charge is 2.54. The van der Waals surface area contributed by atoms with E-state index in [9.17, 15) is 24.5 Å². The van der Waals surface area contributed by atoms with Crippen molar-refractivity contribution in [1.29, 1.82) is 0 Å². The normalized spacial score (nSPS) is 18.0. The Morgan fingerprint density at radius 2 is 1.80 bits per heavy atom. The fourth-order valence-corrected chi connectivity index (χ4v) is 5.21. The van der Waals surface area contributed by atoms with E-state index in [2.05, 4.69) is 10.3 Å². The van der Waals surface area contributed by atoms with Crippen LogP contribution in [0.2, 0.25) is 0 Å². The third kappa shape index (κ3) is 5.41. The maximum atomic E-state index is 13.9. The summed E-state index contributed by atoms with van der Waals surface area (Å²) in [6.45, 7) is 2.72. The summed E-state index contributed by atoms with van der Waals surface area (Å²) in [7, 11) is 0. The fourth-order valence-electron chi connectivity index (χ4n) is 5.21. The van der Waals surface area contributed by atoms with Crippen LogP contribution in [-0.2, 0) is 16.1 Å². The number of non-ortho nitro benzene ring substituents is 1. The van der Waals surface area contributed by atoms with Crippen molar-refractivity contribution in [2.24, 2.45) is 0 Å². The average molecular weight is 544 g/mol. The van der Waals surface area contributed by atoms with Crippen LogP contribution < -0.4 is 5.32 Å². The molecule has 206 valence electrons. The molecule has 2 aromatic carbocycles. The number of carbonyl (C=O) groups excluding carboxylic acids is 3. The van der Waals surface area contributed by atoms with Gasteiger partial charge in [0.1, 0.15) is 11.8 Å². The quantitative estimate of drug-likeness (QED) is 0.373. The van der Waals surface area contributed by atoms with Gasteiger partial charge in [0.2, 0.25) is 5.91 Å². The van der Waals surface area contributed by atoms with Gasteiger partial charge < -0.3 is 15.0 Å². The third-order valence-electron chi connectivity index (χ3n) is 7.41. The zero-order chi connectivity index (χ0) is 28.3. The zero-order valence-corrected chi connectivity index (χ0v) is 22.0. The van der Waals surface area contributed by atoms with Gasteiger partial charge in [-0.05, 0) is 36.8 Å². The topological polar surface area (TPSA) is 135 Å². The van der Waals surface area contributed by atoms with Gasteiger partial charge in [0.15, 0.2) is 0 Å². The monoisotopic (exact) mass is 543 g/mol. The molecule has 0 saturated carbocycles. The number of nitro benzene ring substituents is 1. The predicted octanol–water partition coefficient (Wildman–Crippen LogP) is 3.09. The number of amides is 3. The molecule has 0 aliphatic carbocycles. The fraction of sp³-hybridized carbons (Fsp3) is 0.310. The Balaban J connectivity index is 1.36. The maximum absolute atomic E-state index is 13.9. The Kier molecular flexibility index (Phi) is 7.56. The molecule has 2 fully saturated rings. The number of nitrogens with zero attached hydrogens (tertiary/aromatic N) is 4. The number of pyridine rings is 1. The summed E-state index contributed by atoms with van der Waals surface area (Å²) in [5.74, 6) is -0.993. The number of piperidine rings is 1. The van der Waals surface area contributed by atoms with Gasteiger partial charge in [-0.1, -0.05) is 29.8 Å². The van der Waals surface area contributed by atoms with E-state index >= 15 is 0 Å². The van der Waals surface area contributed by atoms with Crippen LogP contribution in [0.3, 0.4) is 0 Å². The number of ether oxygens (including phenoxy) is 1. The Morgan fingerprint density at radius 1 is 1.05 bits per heavy atom. The number of rotatable bonds is 6. The van der Waals surface area contributed by atoms with Crippen molar-refractivity contribution in [3.8, 4) is 0 Å². The first-order valence-corrected chi connectivity index (χ1v) is 13.0. The van der Waals surface area contributed by atoms with Crippen LogP contribution in [0, 0.1) is 17.0 Å². The van der Waals surface area contributed by atoms with Crippen LogP contribution in [0.25, 0.3) is 0 Å². The molecule has 0 unspecified atom stereocenters. The summed E-state index contributed by atoms with van der Waals surface area (Å²) in [6, 6.07) is 15.5. The van der Waals surface area contributed by atoms with Crippen LogP contribution >= 0.6 is 0 Å². The van der Waals surface area contributed by atoms with Gasteiger partial charge in [-0.15, -0.1) is 0 Å². The lowest BCUT2D eigenvalue weighted by Gasteiger charge is -2.44. The average Bonchev–Trinajstić information content (AvgIpc) is 3.35. The van der Waals surface area contributed by atoms with E-state index < -0.39 is 16.7 Å². The molecule has 0 bridgehead atoms. The van der Waals surface area contributed by atoms with E-state index in [0.29, 0.717) is 5.56 Å². The number of benzene rings is 2. The van der Waals surface area contributed by atoms with Crippen molar-refractivity contribution in [3.05, 3.63) is 105 Å². The minimum atomic E-state index is -1.07. The summed E-state index contributed by atoms with van der Waals surface area (Å²) in [5.41, 5.74) is 1.26. The van der Waals surface area contributed by atoms with E-state index in [1.54, 1.807) is 41.6 Å². The summed E-state index contributed by atoms with van der Waals surface area (Å²) < 4.78 is 6.24. The number of nitro groups is 1. The van der Waals surface area contributed by atoms with Crippen molar-refractivity contribution in [2.45, 2.75) is 38.1 Å². The lowest BCUT2D eigenvalue weighted by atomic mass is 9.96. The zero-order valence-electron chi connectivity index (χ0n) is 22.0. The van der Waals surface area contributed by atoms with Crippen molar-refractivity contribution in [3.63, 3.8) is 0 Å². The van der Waals surface area contributed by atoms with Crippen LogP contribution in [-0.4, -0.2) is 68.9 Å². The molecule has 2 saturated heterocycles. The van der Waals surface area contributed by atoms with E-state index in [-0.39, 0.29) is 68.1 Å². The molecule has 1 N–H and O–H groups in total. The second kappa shape index (κ2) is 11.2. The molecule has 40 heavy (non-hydrogen) atoms. The Bertz CT molecular complexity index is 1420. The first kappa shape index (κ1) is 26.9. The van der Waals surface area contributed by atoms with Crippen molar-refractivity contribution < 1.29 is 24.0 Å². The van der Waals surface area contributed by atoms with E-state index in [1.807, 2.05) is 25.1 Å². The van der Waals surface area contributed by atoms with Gasteiger partial charge in [0.05, 0.1) is 11.5 Å². The lowest BCUT2D eigenvalue weighted by Crippen LogP contribution is -2.59. The summed E-state index contributed by atoms with van der Waals surface area (Å²) in [5, 5.41) is 14.1. The molecule has 11 nitrogen and oxygen atoms in total. The maximum Gasteiger partial charge on any atom is 0.270 e. The smallest absolute Gasteiger partial charge is 0.270 e. The summed E-state index contributed by atoms with van der Waals surface area (Å²) >= 11 is 0. The molecule has 2 aliphatic rings. The minimum absolute atomic E-state index is 0.0231. The second-order valence-corrected chi connectivity index (χ2v) is 9.99. The molecule has 3 aromatic rings. The Labute approximate surface area is 230 Å². The Hall–Kier alpha value is -4.64. The third-order valence-corrected chi connectivity index (χ3v) is 7.41. The van der Waals surface area contributed by atoms with Gasteiger partial charge in [0, 0.05) is 68.1 Å². The molecular formula is C29H29N5O6. The van der Waals surface area contributed by atoms with Crippen molar-refractivity contribution >= 4 is 23.4 Å². The van der Waals surface area contributed by atoms with E-state index in [1.165, 1.54) is 23.1 Å². The predicted molar refractivity (Wildman–Crippen MR) is 144 cm³/mol. The number of aryl methyl sites for hydroxylation is 1. The molecule has 5 rings (SSSR count). The van der Waals surface area contributed by atoms with E-state index in [4.69, 9.17) is 4.74 Å². The highest BCUT2D eigenvalue weighted by molar-refractivity contribution is 5.99. The molecule has 3 heterocycles. The van der Waals surface area contributed by atoms with E-state index in [0.717, 1.165) is 11.1 Å². The number of aromatic nitrogens is 1. The van der Waals surface area contributed by atoms with Crippen LogP contribution in [0.4, 0.5) is 5.69 Å². The number of nitrogens with one attached hydrogen (secondary N) is 1. The standard InChI is InChI=1S/C29H29N5O6/c1-20-7-9-22(10-8-20)28(37)33-25(26(35)31-18-21-4-3-13-30-17-21)19-40-29(33)11-14-32(15-12-29)27(36)23-5-2-6-24(16-23)34(38)39/h2-10,13,16-17,25H,11-12,14-15,18-19H2,1H3,(H,31,35)/t25-/m1/s1. The van der Waals surface area contributed by atoms with Gasteiger partial charge in [-0.2, -0.15) is 0 Å². The highest BCUT2D eigenvalue weighted by atomic mass is 16.6. The van der Waals surface area contributed by atoms with Gasteiger partial charge in [-0.3, -0.25) is 34.4 Å². The molecule has 2 aliphatic heterocycles. The van der Waals surface area contributed by atoms with Crippen LogP contribution in [0.15, 0.2) is 73.1 Å². The highest BCUT2D eigenvalue weighted by Crippen LogP contribution is 2.39. The first-order valence-electron chi connectivity index (χ1n) is 13.0. The molecular weight excluding hydrogens is 514 g/mol. The second-order valence-electron chi connectivity index (χ2n) is 9.99. The first-order chi connectivity index (χ1) is 19.3. The van der Waals surface area contributed by atoms with Crippen LogP contribution in [0.1, 0.15) is 44.7 Å². The van der Waals surface area contributed by atoms with Gasteiger partial charge >= 0.3 is 0 Å².